The molecule has 0 saturated carbocycles. The highest BCUT2D eigenvalue weighted by atomic mass is 79.9. The molecule has 26 heavy (non-hydrogen) atoms. The van der Waals surface area contributed by atoms with Gasteiger partial charge in [-0.1, -0.05) is 15.9 Å². The minimum atomic E-state index is -4.43. The van der Waals surface area contributed by atoms with Crippen molar-refractivity contribution >= 4 is 27.5 Å². The molecule has 4 rings (SSSR count). The second-order valence-electron chi connectivity index (χ2n) is 6.10. The molecule has 8 heteroatoms. The maximum absolute atomic E-state index is 13.1. The van der Waals surface area contributed by atoms with Crippen LogP contribution in [0.25, 0.3) is 0 Å². The number of aliphatic imine (C=N–C) groups is 1. The molecule has 2 aromatic carbocycles. The third kappa shape index (κ3) is 3.31. The van der Waals surface area contributed by atoms with Gasteiger partial charge in [0.05, 0.1) is 11.1 Å². The summed E-state index contributed by atoms with van der Waals surface area (Å²) >= 11 is 3.45. The highest BCUT2D eigenvalue weighted by molar-refractivity contribution is 9.10. The van der Waals surface area contributed by atoms with Gasteiger partial charge in [-0.05, 0) is 36.4 Å². The van der Waals surface area contributed by atoms with Crippen molar-refractivity contribution in [2.24, 2.45) is 4.99 Å². The van der Waals surface area contributed by atoms with Gasteiger partial charge in [-0.2, -0.15) is 13.2 Å². The molecule has 1 N–H and O–H groups in total. The quantitative estimate of drug-likeness (QED) is 0.672. The van der Waals surface area contributed by atoms with Gasteiger partial charge >= 0.3 is 6.18 Å². The van der Waals surface area contributed by atoms with Gasteiger partial charge in [-0.25, -0.2) is 4.99 Å². The van der Waals surface area contributed by atoms with Crippen LogP contribution in [0.4, 0.5) is 18.9 Å². The number of alkyl halides is 3. The smallest absolute Gasteiger partial charge is 0.416 e. The number of ether oxygens (including phenoxy) is 1. The Morgan fingerprint density at radius 1 is 1.04 bits per heavy atom. The average molecular weight is 426 g/mol. The van der Waals surface area contributed by atoms with Crippen LogP contribution >= 0.6 is 15.9 Å². The Bertz CT molecular complexity index is 876. The summed E-state index contributed by atoms with van der Waals surface area (Å²) in [5.41, 5.74) is 0.196. The minimum absolute atomic E-state index is 0.181. The van der Waals surface area contributed by atoms with Crippen molar-refractivity contribution in [3.05, 3.63) is 52.0 Å². The summed E-state index contributed by atoms with van der Waals surface area (Å²) in [5.74, 6) is 1.51. The molecule has 0 spiro atoms. The molecular formula is C18H15BrF3N3O. The summed E-state index contributed by atoms with van der Waals surface area (Å²) < 4.78 is 46.1. The zero-order valence-electron chi connectivity index (χ0n) is 13.6. The average Bonchev–Trinajstić information content (AvgIpc) is 2.77. The van der Waals surface area contributed by atoms with Crippen LogP contribution in [0, 0.1) is 0 Å². The van der Waals surface area contributed by atoms with E-state index in [9.17, 15) is 13.2 Å². The summed E-state index contributed by atoms with van der Waals surface area (Å²) in [7, 11) is 0. The van der Waals surface area contributed by atoms with E-state index in [0.717, 1.165) is 48.3 Å². The summed E-state index contributed by atoms with van der Waals surface area (Å²) in [6, 6.07) is 8.90. The predicted octanol–water partition coefficient (Wildman–Crippen LogP) is 4.56. The van der Waals surface area contributed by atoms with E-state index in [0.29, 0.717) is 17.3 Å². The monoisotopic (exact) mass is 425 g/mol. The van der Waals surface area contributed by atoms with Crippen molar-refractivity contribution in [2.45, 2.75) is 6.18 Å². The van der Waals surface area contributed by atoms with Crippen LogP contribution in [0.1, 0.15) is 11.1 Å². The molecule has 1 saturated heterocycles. The highest BCUT2D eigenvalue weighted by Gasteiger charge is 2.32. The van der Waals surface area contributed by atoms with Crippen molar-refractivity contribution in [1.82, 2.24) is 10.2 Å². The Morgan fingerprint density at radius 3 is 2.50 bits per heavy atom. The number of halogens is 4. The molecule has 2 aliphatic rings. The lowest BCUT2D eigenvalue weighted by Crippen LogP contribution is -2.46. The van der Waals surface area contributed by atoms with Crippen molar-refractivity contribution < 1.29 is 17.9 Å². The normalized spacial score (nSPS) is 16.9. The zero-order chi connectivity index (χ0) is 18.3. The standard InChI is InChI=1S/C18H15BrF3N3O/c19-12-2-4-15-13(10-12)17(25-7-5-23-6-8-25)24-14-9-11(18(20,21)22)1-3-16(14)26-15/h1-4,9-10,23H,5-8H2. The van der Waals surface area contributed by atoms with E-state index < -0.39 is 11.7 Å². The van der Waals surface area contributed by atoms with Gasteiger partial charge in [-0.15, -0.1) is 0 Å². The first-order valence-corrected chi connectivity index (χ1v) is 8.94. The number of benzene rings is 2. The van der Waals surface area contributed by atoms with Crippen molar-refractivity contribution in [3.8, 4) is 11.5 Å². The van der Waals surface area contributed by atoms with Gasteiger partial charge in [0.25, 0.3) is 0 Å². The Kier molecular flexibility index (Phi) is 4.40. The second-order valence-corrected chi connectivity index (χ2v) is 7.01. The molecule has 0 unspecified atom stereocenters. The molecule has 136 valence electrons. The van der Waals surface area contributed by atoms with Crippen molar-refractivity contribution in [1.29, 1.82) is 0 Å². The molecule has 0 amide bonds. The maximum atomic E-state index is 13.1. The maximum Gasteiger partial charge on any atom is 0.416 e. The molecule has 2 heterocycles. The van der Waals surface area contributed by atoms with Crippen molar-refractivity contribution in [3.63, 3.8) is 0 Å². The van der Waals surface area contributed by atoms with Crippen LogP contribution in [0.5, 0.6) is 11.5 Å². The highest BCUT2D eigenvalue weighted by Crippen LogP contribution is 2.42. The summed E-state index contributed by atoms with van der Waals surface area (Å²) in [5, 5.41) is 3.27. The van der Waals surface area contributed by atoms with Gasteiger partial charge in [0.15, 0.2) is 5.75 Å². The first-order valence-electron chi connectivity index (χ1n) is 8.15. The molecule has 1 fully saturated rings. The third-order valence-electron chi connectivity index (χ3n) is 4.33. The Morgan fingerprint density at radius 2 is 1.77 bits per heavy atom. The van der Waals surface area contributed by atoms with Gasteiger partial charge in [0.2, 0.25) is 0 Å². The molecule has 0 atom stereocenters. The molecular weight excluding hydrogens is 411 g/mol. The number of hydrogen-bond donors (Lipinski definition) is 1. The number of rotatable bonds is 0. The molecule has 0 bridgehead atoms. The van der Waals surface area contributed by atoms with Gasteiger partial charge in [-0.3, -0.25) is 0 Å². The van der Waals surface area contributed by atoms with Crippen LogP contribution in [-0.2, 0) is 6.18 Å². The SMILES string of the molecule is FC(F)(F)c1ccc2c(c1)N=C(N1CCNCC1)c1cc(Br)ccc1O2. The van der Waals surface area contributed by atoms with Gasteiger partial charge < -0.3 is 15.0 Å². The fourth-order valence-electron chi connectivity index (χ4n) is 3.04. The van der Waals surface area contributed by atoms with E-state index in [-0.39, 0.29) is 5.69 Å². The van der Waals surface area contributed by atoms with E-state index >= 15 is 0 Å². The fourth-order valence-corrected chi connectivity index (χ4v) is 3.40. The van der Waals surface area contributed by atoms with Crippen LogP contribution < -0.4 is 10.1 Å². The fraction of sp³-hybridized carbons (Fsp3) is 0.278. The van der Waals surface area contributed by atoms with Crippen molar-refractivity contribution in [2.75, 3.05) is 26.2 Å². The molecule has 4 nitrogen and oxygen atoms in total. The second kappa shape index (κ2) is 6.59. The number of nitrogens with zero attached hydrogens (tertiary/aromatic N) is 2. The lowest BCUT2D eigenvalue weighted by Gasteiger charge is -2.30. The molecule has 0 radical (unpaired) electrons. The number of piperazine rings is 1. The van der Waals surface area contributed by atoms with E-state index in [2.05, 4.69) is 31.1 Å². The Hall–Kier alpha value is -2.06. The first-order chi connectivity index (χ1) is 12.4. The molecule has 2 aromatic rings. The number of amidine groups is 1. The molecule has 2 aliphatic heterocycles. The number of nitrogens with one attached hydrogen (secondary N) is 1. The lowest BCUT2D eigenvalue weighted by atomic mass is 10.1. The van der Waals surface area contributed by atoms with Crippen LogP contribution in [-0.4, -0.2) is 36.9 Å². The number of hydrogen-bond acceptors (Lipinski definition) is 4. The Balaban J connectivity index is 1.88. The van der Waals surface area contributed by atoms with Crippen LogP contribution in [0.2, 0.25) is 0 Å². The largest absolute Gasteiger partial charge is 0.454 e. The summed E-state index contributed by atoms with van der Waals surface area (Å²) in [6.45, 7) is 3.02. The van der Waals surface area contributed by atoms with Crippen LogP contribution in [0.15, 0.2) is 45.9 Å². The molecule has 0 aromatic heterocycles. The van der Waals surface area contributed by atoms with Gasteiger partial charge in [0.1, 0.15) is 17.3 Å². The van der Waals surface area contributed by atoms with E-state index in [1.807, 2.05) is 12.1 Å². The predicted molar refractivity (Wildman–Crippen MR) is 96.3 cm³/mol. The topological polar surface area (TPSA) is 36.9 Å². The van der Waals surface area contributed by atoms with Gasteiger partial charge in [0, 0.05) is 30.7 Å². The summed E-state index contributed by atoms with van der Waals surface area (Å²) in [4.78, 5) is 6.66. The minimum Gasteiger partial charge on any atom is -0.454 e. The Labute approximate surface area is 156 Å². The number of fused-ring (bicyclic) bond motifs is 2. The zero-order valence-corrected chi connectivity index (χ0v) is 15.2. The first kappa shape index (κ1) is 17.4. The van der Waals surface area contributed by atoms with E-state index in [1.165, 1.54) is 6.07 Å². The van der Waals surface area contributed by atoms with E-state index in [1.54, 1.807) is 6.07 Å². The molecule has 0 aliphatic carbocycles. The van der Waals surface area contributed by atoms with Crippen LogP contribution in [0.3, 0.4) is 0 Å². The lowest BCUT2D eigenvalue weighted by molar-refractivity contribution is -0.137. The van der Waals surface area contributed by atoms with E-state index in [4.69, 9.17) is 4.74 Å². The summed E-state index contributed by atoms with van der Waals surface area (Å²) in [6.07, 6.45) is -4.43. The third-order valence-corrected chi connectivity index (χ3v) is 4.82.